The van der Waals surface area contributed by atoms with Crippen molar-refractivity contribution in [1.29, 1.82) is 0 Å². The standard InChI is InChI=1S/C11H20O5.C7H16O4.C4H5ClO/c1-13-4-5-14-6-7-15-8-9-16-11(12)10-2-3-10;1-9-4-5-11-7-6-10-3-2-8;5-4(6)3-1-2-3/h10H,2-9H2,1H3;8H,2-7H2,1H3;3H,1-2H2. The van der Waals surface area contributed by atoms with Crippen molar-refractivity contribution in [3.63, 3.8) is 0 Å². The normalized spacial score (nSPS) is 14.5. The number of ether oxygens (including phenoxy) is 7. The van der Waals surface area contributed by atoms with Gasteiger partial charge in [0.1, 0.15) is 6.61 Å². The predicted octanol–water partition coefficient (Wildman–Crippen LogP) is 1.44. The van der Waals surface area contributed by atoms with Crippen molar-refractivity contribution in [3.05, 3.63) is 0 Å². The first-order chi connectivity index (χ1) is 16.1. The fourth-order valence-electron chi connectivity index (χ4n) is 1.94. The zero-order valence-electron chi connectivity index (χ0n) is 20.0. The smallest absolute Gasteiger partial charge is 0.309 e. The van der Waals surface area contributed by atoms with Crippen LogP contribution in [0, 0.1) is 11.8 Å². The fourth-order valence-corrected chi connectivity index (χ4v) is 2.16. The summed E-state index contributed by atoms with van der Waals surface area (Å²) in [6.07, 6.45) is 3.99. The summed E-state index contributed by atoms with van der Waals surface area (Å²) in [5.74, 6) is 0.309. The molecule has 0 bridgehead atoms. The number of esters is 1. The molecule has 2 aliphatic carbocycles. The number of carbonyl (C=O) groups is 2. The zero-order valence-corrected chi connectivity index (χ0v) is 20.7. The minimum absolute atomic E-state index is 0.0675. The van der Waals surface area contributed by atoms with E-state index >= 15 is 0 Å². The zero-order chi connectivity index (χ0) is 24.6. The molecule has 0 heterocycles. The van der Waals surface area contributed by atoms with Gasteiger partial charge in [-0.2, -0.15) is 0 Å². The van der Waals surface area contributed by atoms with Crippen molar-refractivity contribution < 1.29 is 47.9 Å². The number of rotatable bonds is 19. The van der Waals surface area contributed by atoms with Gasteiger partial charge in [0.15, 0.2) is 0 Å². The van der Waals surface area contributed by atoms with E-state index in [0.717, 1.165) is 25.7 Å². The van der Waals surface area contributed by atoms with Crippen LogP contribution < -0.4 is 0 Å². The van der Waals surface area contributed by atoms with Crippen molar-refractivity contribution in [1.82, 2.24) is 0 Å². The van der Waals surface area contributed by atoms with Crippen LogP contribution in [0.2, 0.25) is 0 Å². The summed E-state index contributed by atoms with van der Waals surface area (Å²) in [6, 6.07) is 0. The van der Waals surface area contributed by atoms with Crippen molar-refractivity contribution in [2.75, 3.05) is 93.5 Å². The van der Waals surface area contributed by atoms with Gasteiger partial charge in [-0.05, 0) is 37.3 Å². The lowest BCUT2D eigenvalue weighted by molar-refractivity contribution is -0.146. The van der Waals surface area contributed by atoms with E-state index in [9.17, 15) is 9.59 Å². The molecule has 2 aliphatic rings. The first-order valence-corrected chi connectivity index (χ1v) is 11.7. The third-order valence-corrected chi connectivity index (χ3v) is 4.43. The van der Waals surface area contributed by atoms with Crippen LogP contribution in [-0.4, -0.2) is 110 Å². The van der Waals surface area contributed by atoms with Crippen molar-refractivity contribution >= 4 is 22.8 Å². The summed E-state index contributed by atoms with van der Waals surface area (Å²) in [7, 11) is 3.26. The summed E-state index contributed by atoms with van der Waals surface area (Å²) in [5, 5.41) is 8.16. The monoisotopic (exact) mass is 500 g/mol. The Morgan fingerprint density at radius 2 is 1.06 bits per heavy atom. The van der Waals surface area contributed by atoms with E-state index in [0.29, 0.717) is 72.7 Å². The fraction of sp³-hybridized carbons (Fsp3) is 0.909. The van der Waals surface area contributed by atoms with E-state index in [1.165, 1.54) is 0 Å². The highest BCUT2D eigenvalue weighted by molar-refractivity contribution is 6.64. The number of aliphatic hydroxyl groups is 1. The second-order valence-corrected chi connectivity index (χ2v) is 7.55. The molecule has 1 N–H and O–H groups in total. The van der Waals surface area contributed by atoms with Gasteiger partial charge in [-0.25, -0.2) is 0 Å². The summed E-state index contributed by atoms with van der Waals surface area (Å²) >= 11 is 5.04. The molecule has 33 heavy (non-hydrogen) atoms. The summed E-state index contributed by atoms with van der Waals surface area (Å²) in [4.78, 5) is 21.1. The molecule has 196 valence electrons. The Labute approximate surface area is 202 Å². The van der Waals surface area contributed by atoms with Gasteiger partial charge >= 0.3 is 5.97 Å². The first kappa shape index (κ1) is 32.1. The maximum atomic E-state index is 11.1. The van der Waals surface area contributed by atoms with Gasteiger partial charge in [0.05, 0.1) is 78.6 Å². The number of aliphatic hydroxyl groups excluding tert-OH is 1. The number of halogens is 1. The van der Waals surface area contributed by atoms with Gasteiger partial charge in [-0.3, -0.25) is 9.59 Å². The lowest BCUT2D eigenvalue weighted by Crippen LogP contribution is -2.14. The Bertz CT molecular complexity index is 450. The van der Waals surface area contributed by atoms with Gasteiger partial charge in [-0.15, -0.1) is 0 Å². The molecule has 2 saturated carbocycles. The van der Waals surface area contributed by atoms with Crippen LogP contribution in [0.1, 0.15) is 25.7 Å². The molecule has 0 aromatic heterocycles. The van der Waals surface area contributed by atoms with Crippen molar-refractivity contribution in [3.8, 4) is 0 Å². The molecule has 11 heteroatoms. The van der Waals surface area contributed by atoms with Gasteiger partial charge in [0.25, 0.3) is 0 Å². The van der Waals surface area contributed by atoms with Crippen LogP contribution >= 0.6 is 11.6 Å². The molecule has 0 aromatic rings. The molecule has 0 atom stereocenters. The molecule has 0 aromatic carbocycles. The van der Waals surface area contributed by atoms with Gasteiger partial charge in [0, 0.05) is 20.1 Å². The van der Waals surface area contributed by atoms with Crippen molar-refractivity contribution in [2.24, 2.45) is 11.8 Å². The third-order valence-electron chi connectivity index (χ3n) is 4.12. The van der Waals surface area contributed by atoms with Gasteiger partial charge in [0.2, 0.25) is 5.24 Å². The minimum Gasteiger partial charge on any atom is -0.463 e. The van der Waals surface area contributed by atoms with Crippen LogP contribution in [-0.2, 0) is 42.7 Å². The quantitative estimate of drug-likeness (QED) is 0.158. The summed E-state index contributed by atoms with van der Waals surface area (Å²) in [6.45, 7) is 5.76. The van der Waals surface area contributed by atoms with E-state index in [-0.39, 0.29) is 29.7 Å². The molecule has 2 fully saturated rings. The minimum atomic E-state index is -0.157. The number of hydrogen-bond donors (Lipinski definition) is 1. The lowest BCUT2D eigenvalue weighted by atomic mass is 10.4. The first-order valence-electron chi connectivity index (χ1n) is 11.3. The van der Waals surface area contributed by atoms with E-state index in [1.807, 2.05) is 0 Å². The Hall–Kier alpha value is -0.850. The Morgan fingerprint density at radius 3 is 1.39 bits per heavy atom. The predicted molar refractivity (Wildman–Crippen MR) is 121 cm³/mol. The highest BCUT2D eigenvalue weighted by atomic mass is 35.5. The van der Waals surface area contributed by atoms with E-state index in [1.54, 1.807) is 14.2 Å². The van der Waals surface area contributed by atoms with Crippen LogP contribution in [0.15, 0.2) is 0 Å². The second kappa shape index (κ2) is 24.3. The lowest BCUT2D eigenvalue weighted by Gasteiger charge is -2.06. The average molecular weight is 501 g/mol. The highest BCUT2D eigenvalue weighted by Gasteiger charge is 2.31. The van der Waals surface area contributed by atoms with E-state index in [2.05, 4.69) is 0 Å². The topological polar surface area (TPSA) is 119 Å². The molecular weight excluding hydrogens is 460 g/mol. The molecule has 2 rings (SSSR count). The SMILES string of the molecule is COCCOCCOCCO.COCCOCCOCCOC(=O)C1CC1.O=C(Cl)C1CC1. The van der Waals surface area contributed by atoms with Gasteiger partial charge < -0.3 is 38.3 Å². The molecule has 0 saturated heterocycles. The highest BCUT2D eigenvalue weighted by Crippen LogP contribution is 2.30. The van der Waals surface area contributed by atoms with Crippen molar-refractivity contribution in [2.45, 2.75) is 25.7 Å². The van der Waals surface area contributed by atoms with Crippen LogP contribution in [0.5, 0.6) is 0 Å². The maximum Gasteiger partial charge on any atom is 0.309 e. The van der Waals surface area contributed by atoms with E-state index in [4.69, 9.17) is 49.9 Å². The molecule has 0 spiro atoms. The molecular formula is C22H41ClO10. The Kier molecular flexibility index (Phi) is 23.7. The summed E-state index contributed by atoms with van der Waals surface area (Å²) < 4.78 is 35.0. The third kappa shape index (κ3) is 25.6. The molecule has 0 radical (unpaired) electrons. The average Bonchev–Trinajstić information content (AvgIpc) is 3.70. The van der Waals surface area contributed by atoms with Crippen LogP contribution in [0.4, 0.5) is 0 Å². The molecule has 10 nitrogen and oxygen atoms in total. The summed E-state index contributed by atoms with van der Waals surface area (Å²) in [5.41, 5.74) is 0. The van der Waals surface area contributed by atoms with Crippen LogP contribution in [0.3, 0.4) is 0 Å². The second-order valence-electron chi connectivity index (χ2n) is 7.18. The van der Waals surface area contributed by atoms with Gasteiger partial charge in [-0.1, -0.05) is 0 Å². The number of methoxy groups -OCH3 is 2. The molecule has 0 aliphatic heterocycles. The number of hydrogen-bond acceptors (Lipinski definition) is 10. The number of carbonyl (C=O) groups excluding carboxylic acids is 2. The van der Waals surface area contributed by atoms with Crippen LogP contribution in [0.25, 0.3) is 0 Å². The molecule has 0 unspecified atom stereocenters. The van der Waals surface area contributed by atoms with E-state index < -0.39 is 0 Å². The Morgan fingerprint density at radius 1 is 0.667 bits per heavy atom. The largest absolute Gasteiger partial charge is 0.463 e. The molecule has 0 amide bonds. The Balaban J connectivity index is 0.000000518. The maximum absolute atomic E-state index is 11.1.